The highest BCUT2D eigenvalue weighted by molar-refractivity contribution is 6.00. The second kappa shape index (κ2) is 7.32. The van der Waals surface area contributed by atoms with Crippen LogP contribution >= 0.6 is 0 Å². The third-order valence-electron chi connectivity index (χ3n) is 3.92. The van der Waals surface area contributed by atoms with Gasteiger partial charge in [-0.2, -0.15) is 0 Å². The summed E-state index contributed by atoms with van der Waals surface area (Å²) in [7, 11) is 1.25. The van der Waals surface area contributed by atoms with Crippen LogP contribution < -0.4 is 0 Å². The molecule has 0 saturated carbocycles. The topological polar surface area (TPSA) is 96.3 Å². The molecule has 1 heterocycles. The van der Waals surface area contributed by atoms with Gasteiger partial charge in [-0.05, 0) is 17.5 Å². The standard InChI is InChI=1S/C16H21NO6/c1-3-10-11(8-14(20)22-2)15(13(19)9-12(10)18)16(21)17-4-6-23-7-5-17/h9,18-19H,3-8H2,1-2H3. The minimum Gasteiger partial charge on any atom is -0.508 e. The molecule has 7 nitrogen and oxygen atoms in total. The number of esters is 1. The van der Waals surface area contributed by atoms with Gasteiger partial charge in [0.1, 0.15) is 11.5 Å². The van der Waals surface area contributed by atoms with Gasteiger partial charge in [-0.15, -0.1) is 0 Å². The van der Waals surface area contributed by atoms with Gasteiger partial charge in [0.25, 0.3) is 5.91 Å². The number of phenols is 2. The van der Waals surface area contributed by atoms with Crippen LogP contribution in [0, 0.1) is 0 Å². The van der Waals surface area contributed by atoms with Crippen molar-refractivity contribution < 1.29 is 29.3 Å². The molecule has 1 aromatic carbocycles. The number of amides is 1. The van der Waals surface area contributed by atoms with Gasteiger partial charge >= 0.3 is 5.97 Å². The summed E-state index contributed by atoms with van der Waals surface area (Å²) in [6.45, 7) is 3.49. The highest BCUT2D eigenvalue weighted by atomic mass is 16.5. The molecule has 1 aromatic rings. The fourth-order valence-corrected chi connectivity index (χ4v) is 2.72. The van der Waals surface area contributed by atoms with Crippen molar-refractivity contribution in [2.75, 3.05) is 33.4 Å². The summed E-state index contributed by atoms with van der Waals surface area (Å²) in [5.41, 5.74) is 0.824. The maximum Gasteiger partial charge on any atom is 0.310 e. The molecule has 1 amide bonds. The normalized spacial score (nSPS) is 14.6. The number of ether oxygens (including phenoxy) is 2. The van der Waals surface area contributed by atoms with Crippen LogP contribution in [0.25, 0.3) is 0 Å². The summed E-state index contributed by atoms with van der Waals surface area (Å²) in [4.78, 5) is 26.0. The fourth-order valence-electron chi connectivity index (χ4n) is 2.72. The average Bonchev–Trinajstić information content (AvgIpc) is 2.55. The van der Waals surface area contributed by atoms with Gasteiger partial charge in [-0.1, -0.05) is 6.92 Å². The Morgan fingerprint density at radius 1 is 1.22 bits per heavy atom. The SMILES string of the molecule is CCc1c(O)cc(O)c(C(=O)N2CCOCC2)c1CC(=O)OC. The van der Waals surface area contributed by atoms with Gasteiger partial charge in [-0.25, -0.2) is 0 Å². The largest absolute Gasteiger partial charge is 0.508 e. The van der Waals surface area contributed by atoms with Crippen LogP contribution in [0.5, 0.6) is 11.5 Å². The van der Waals surface area contributed by atoms with Crippen LogP contribution in [0.2, 0.25) is 0 Å². The van der Waals surface area contributed by atoms with Crippen molar-refractivity contribution in [1.29, 1.82) is 0 Å². The van der Waals surface area contributed by atoms with E-state index < -0.39 is 5.97 Å². The summed E-state index contributed by atoms with van der Waals surface area (Å²) >= 11 is 0. The molecule has 0 aromatic heterocycles. The van der Waals surface area contributed by atoms with E-state index in [1.54, 1.807) is 11.8 Å². The van der Waals surface area contributed by atoms with Crippen LogP contribution in [-0.2, 0) is 27.1 Å². The predicted molar refractivity (Wildman–Crippen MR) is 81.6 cm³/mol. The molecule has 2 N–H and O–H groups in total. The second-order valence-corrected chi connectivity index (χ2v) is 5.26. The van der Waals surface area contributed by atoms with Crippen LogP contribution in [0.3, 0.4) is 0 Å². The van der Waals surface area contributed by atoms with Crippen molar-refractivity contribution >= 4 is 11.9 Å². The summed E-state index contributed by atoms with van der Waals surface area (Å²) in [6.07, 6.45) is 0.231. The molecule has 1 aliphatic rings. The second-order valence-electron chi connectivity index (χ2n) is 5.26. The van der Waals surface area contributed by atoms with Gasteiger partial charge in [0.15, 0.2) is 0 Å². The molecule has 126 valence electrons. The highest BCUT2D eigenvalue weighted by Crippen LogP contribution is 2.34. The van der Waals surface area contributed by atoms with E-state index in [-0.39, 0.29) is 29.4 Å². The lowest BCUT2D eigenvalue weighted by molar-refractivity contribution is -0.139. The number of benzene rings is 1. The number of rotatable bonds is 4. The lowest BCUT2D eigenvalue weighted by Crippen LogP contribution is -2.41. The zero-order valence-electron chi connectivity index (χ0n) is 13.3. The van der Waals surface area contributed by atoms with E-state index in [4.69, 9.17) is 4.74 Å². The number of morpholine rings is 1. The Labute approximate surface area is 134 Å². The number of phenolic OH excluding ortho intramolecular Hbond substituents is 2. The van der Waals surface area contributed by atoms with Crippen molar-refractivity contribution in [1.82, 2.24) is 4.90 Å². The number of carbonyl (C=O) groups is 2. The molecular formula is C16H21NO6. The monoisotopic (exact) mass is 323 g/mol. The van der Waals surface area contributed by atoms with Crippen LogP contribution in [0.1, 0.15) is 28.4 Å². The first-order chi connectivity index (χ1) is 11.0. The third-order valence-corrected chi connectivity index (χ3v) is 3.92. The quantitative estimate of drug-likeness (QED) is 0.798. The zero-order chi connectivity index (χ0) is 17.0. The first-order valence-electron chi connectivity index (χ1n) is 7.50. The Morgan fingerprint density at radius 2 is 1.87 bits per heavy atom. The van der Waals surface area contributed by atoms with Crippen molar-refractivity contribution in [3.8, 4) is 11.5 Å². The minimum atomic E-state index is -0.541. The van der Waals surface area contributed by atoms with Crippen molar-refractivity contribution in [3.05, 3.63) is 22.8 Å². The Hall–Kier alpha value is -2.28. The Bertz CT molecular complexity index is 607. The molecule has 1 aliphatic heterocycles. The van der Waals surface area contributed by atoms with E-state index in [2.05, 4.69) is 4.74 Å². The number of carbonyl (C=O) groups excluding carboxylic acids is 2. The first-order valence-corrected chi connectivity index (χ1v) is 7.50. The first kappa shape index (κ1) is 17.1. The molecule has 1 fully saturated rings. The van der Waals surface area contributed by atoms with E-state index in [1.807, 2.05) is 0 Å². The Balaban J connectivity index is 2.50. The molecule has 0 unspecified atom stereocenters. The maximum absolute atomic E-state index is 12.8. The Kier molecular flexibility index (Phi) is 5.44. The Morgan fingerprint density at radius 3 is 2.43 bits per heavy atom. The molecule has 7 heteroatoms. The molecule has 0 spiro atoms. The zero-order valence-corrected chi connectivity index (χ0v) is 13.3. The molecule has 23 heavy (non-hydrogen) atoms. The maximum atomic E-state index is 12.8. The van der Waals surface area contributed by atoms with Gasteiger partial charge in [-0.3, -0.25) is 9.59 Å². The summed E-state index contributed by atoms with van der Waals surface area (Å²) in [5, 5.41) is 20.2. The predicted octanol–water partition coefficient (Wildman–Crippen LogP) is 0.848. The smallest absolute Gasteiger partial charge is 0.310 e. The number of methoxy groups -OCH3 is 1. The van der Waals surface area contributed by atoms with Crippen LogP contribution in [-0.4, -0.2) is 60.4 Å². The number of hydrogen-bond donors (Lipinski definition) is 2. The minimum absolute atomic E-state index is 0.0481. The molecule has 0 radical (unpaired) electrons. The van der Waals surface area contributed by atoms with Gasteiger partial charge in [0.2, 0.25) is 0 Å². The van der Waals surface area contributed by atoms with Gasteiger partial charge < -0.3 is 24.6 Å². The van der Waals surface area contributed by atoms with E-state index in [9.17, 15) is 19.8 Å². The molecular weight excluding hydrogens is 302 g/mol. The fraction of sp³-hybridized carbons (Fsp3) is 0.500. The number of hydrogen-bond acceptors (Lipinski definition) is 6. The molecule has 0 bridgehead atoms. The summed E-state index contributed by atoms with van der Waals surface area (Å²) in [5.74, 6) is -1.39. The lowest BCUT2D eigenvalue weighted by atomic mass is 9.93. The van der Waals surface area contributed by atoms with E-state index >= 15 is 0 Å². The molecule has 0 atom stereocenters. The van der Waals surface area contributed by atoms with E-state index in [0.717, 1.165) is 6.07 Å². The van der Waals surface area contributed by atoms with Crippen molar-refractivity contribution in [2.24, 2.45) is 0 Å². The van der Waals surface area contributed by atoms with Crippen molar-refractivity contribution in [2.45, 2.75) is 19.8 Å². The average molecular weight is 323 g/mol. The van der Waals surface area contributed by atoms with Crippen molar-refractivity contribution in [3.63, 3.8) is 0 Å². The highest BCUT2D eigenvalue weighted by Gasteiger charge is 2.28. The molecule has 0 aliphatic carbocycles. The summed E-state index contributed by atoms with van der Waals surface area (Å²) < 4.78 is 9.89. The van der Waals surface area contributed by atoms with Crippen LogP contribution in [0.15, 0.2) is 6.07 Å². The van der Waals surface area contributed by atoms with E-state index in [1.165, 1.54) is 7.11 Å². The van der Waals surface area contributed by atoms with Gasteiger partial charge in [0.05, 0.1) is 32.3 Å². The summed E-state index contributed by atoms with van der Waals surface area (Å²) in [6, 6.07) is 1.15. The van der Waals surface area contributed by atoms with Crippen LogP contribution in [0.4, 0.5) is 0 Å². The number of nitrogens with zero attached hydrogens (tertiary/aromatic N) is 1. The molecule has 1 saturated heterocycles. The molecule has 2 rings (SSSR count). The lowest BCUT2D eigenvalue weighted by Gasteiger charge is -2.28. The van der Waals surface area contributed by atoms with Gasteiger partial charge in [0, 0.05) is 19.2 Å². The number of aromatic hydroxyl groups is 2. The third kappa shape index (κ3) is 3.56. The van der Waals surface area contributed by atoms with E-state index in [0.29, 0.717) is 43.9 Å².